The van der Waals surface area contributed by atoms with Crippen molar-refractivity contribution in [2.24, 2.45) is 0 Å². The van der Waals surface area contributed by atoms with E-state index in [-0.39, 0.29) is 11.3 Å². The molecule has 1 fully saturated rings. The molecule has 0 saturated carbocycles. The first-order valence-electron chi connectivity index (χ1n) is 10.9. The van der Waals surface area contributed by atoms with Crippen molar-refractivity contribution in [2.45, 2.75) is 13.0 Å². The molecule has 3 heterocycles. The Hall–Kier alpha value is -4.30. The first-order chi connectivity index (χ1) is 17.0. The van der Waals surface area contributed by atoms with Crippen LogP contribution in [0.2, 0.25) is 0 Å². The maximum absolute atomic E-state index is 13.4. The van der Waals surface area contributed by atoms with Crippen molar-refractivity contribution in [1.82, 2.24) is 9.97 Å². The van der Waals surface area contributed by atoms with Crippen LogP contribution in [0.25, 0.3) is 16.0 Å². The van der Waals surface area contributed by atoms with Gasteiger partial charge in [-0.1, -0.05) is 42.2 Å². The van der Waals surface area contributed by atoms with Gasteiger partial charge in [0.15, 0.2) is 5.13 Å². The summed E-state index contributed by atoms with van der Waals surface area (Å²) in [4.78, 5) is 36.7. The SMILES string of the molecule is C=CCOc1cccc(C2/C(=C(\O)c3ccncc3)C(=O)C(=O)N2c2nc3ccc(C)cc3s2)c1. The number of benzene rings is 2. The third kappa shape index (κ3) is 4.08. The molecule has 0 spiro atoms. The van der Waals surface area contributed by atoms with Crippen molar-refractivity contribution in [2.75, 3.05) is 11.5 Å². The number of aromatic nitrogens is 2. The number of nitrogens with zero attached hydrogens (tertiary/aromatic N) is 3. The molecule has 2 aromatic carbocycles. The molecule has 1 aliphatic heterocycles. The summed E-state index contributed by atoms with van der Waals surface area (Å²) < 4.78 is 6.59. The van der Waals surface area contributed by atoms with Crippen LogP contribution in [0.5, 0.6) is 5.75 Å². The lowest BCUT2D eigenvalue weighted by molar-refractivity contribution is -0.132. The van der Waals surface area contributed by atoms with Crippen LogP contribution in [0.15, 0.2) is 85.2 Å². The molecule has 8 heteroatoms. The number of Topliss-reactive ketones (excluding diaryl/α,β-unsaturated/α-hetero) is 1. The van der Waals surface area contributed by atoms with Gasteiger partial charge in [-0.15, -0.1) is 0 Å². The van der Waals surface area contributed by atoms with Crippen molar-refractivity contribution >= 4 is 44.1 Å². The maximum atomic E-state index is 13.4. The zero-order valence-corrected chi connectivity index (χ0v) is 19.7. The number of aryl methyl sites for hydroxylation is 1. The average molecular weight is 484 g/mol. The first kappa shape index (κ1) is 22.5. The zero-order chi connectivity index (χ0) is 24.5. The van der Waals surface area contributed by atoms with E-state index >= 15 is 0 Å². The molecule has 1 amide bonds. The number of ketones is 1. The number of carbonyl (C=O) groups excluding carboxylic acids is 2. The van der Waals surface area contributed by atoms with Gasteiger partial charge in [-0.25, -0.2) is 4.98 Å². The Morgan fingerprint density at radius 2 is 1.97 bits per heavy atom. The number of hydrogen-bond donors (Lipinski definition) is 1. The first-order valence-corrected chi connectivity index (χ1v) is 11.7. The van der Waals surface area contributed by atoms with Gasteiger partial charge in [0.2, 0.25) is 0 Å². The van der Waals surface area contributed by atoms with E-state index in [0.29, 0.717) is 28.6 Å². The highest BCUT2D eigenvalue weighted by Crippen LogP contribution is 2.44. The van der Waals surface area contributed by atoms with Crippen molar-refractivity contribution < 1.29 is 19.4 Å². The van der Waals surface area contributed by atoms with E-state index in [4.69, 9.17) is 4.74 Å². The molecule has 4 aromatic rings. The fraction of sp³-hybridized carbons (Fsp3) is 0.111. The van der Waals surface area contributed by atoms with Gasteiger partial charge in [0.1, 0.15) is 18.1 Å². The van der Waals surface area contributed by atoms with E-state index in [2.05, 4.69) is 16.5 Å². The molecule has 1 atom stereocenters. The van der Waals surface area contributed by atoms with Crippen molar-refractivity contribution in [3.8, 4) is 5.75 Å². The summed E-state index contributed by atoms with van der Waals surface area (Å²) in [6.07, 6.45) is 4.66. The molecule has 1 N–H and O–H groups in total. The van der Waals surface area contributed by atoms with Crippen LogP contribution in [0.4, 0.5) is 5.13 Å². The molecule has 174 valence electrons. The standard InChI is InChI=1S/C27H21N3O4S/c1-3-13-34-19-6-4-5-18(15-19)23-22(24(31)17-9-11-28-12-10-17)25(32)26(33)30(23)27-29-20-8-7-16(2)14-21(20)35-27/h3-12,14-15,23,31H,1,13H2,2H3/b24-22+. The summed E-state index contributed by atoms with van der Waals surface area (Å²) in [6, 6.07) is 15.2. The Bertz CT molecular complexity index is 1490. The third-order valence-electron chi connectivity index (χ3n) is 5.68. The van der Waals surface area contributed by atoms with Gasteiger partial charge in [-0.3, -0.25) is 19.5 Å². The minimum atomic E-state index is -0.892. The summed E-state index contributed by atoms with van der Waals surface area (Å²) in [5.41, 5.74) is 2.78. The van der Waals surface area contributed by atoms with Gasteiger partial charge in [-0.2, -0.15) is 0 Å². The molecular formula is C27H21N3O4S. The van der Waals surface area contributed by atoms with Crippen LogP contribution in [0, 0.1) is 6.92 Å². The van der Waals surface area contributed by atoms with Gasteiger partial charge in [-0.05, 0) is 54.4 Å². The minimum Gasteiger partial charge on any atom is -0.507 e. The van der Waals surface area contributed by atoms with Crippen molar-refractivity contribution in [1.29, 1.82) is 0 Å². The molecule has 1 unspecified atom stereocenters. The number of fused-ring (bicyclic) bond motifs is 1. The quantitative estimate of drug-likeness (QED) is 0.176. The van der Waals surface area contributed by atoms with Crippen LogP contribution in [0.3, 0.4) is 0 Å². The van der Waals surface area contributed by atoms with Gasteiger partial charge in [0.25, 0.3) is 5.78 Å². The summed E-state index contributed by atoms with van der Waals surface area (Å²) >= 11 is 1.32. The van der Waals surface area contributed by atoms with Crippen LogP contribution < -0.4 is 9.64 Å². The van der Waals surface area contributed by atoms with Gasteiger partial charge < -0.3 is 9.84 Å². The third-order valence-corrected chi connectivity index (χ3v) is 6.70. The number of carbonyl (C=O) groups is 2. The largest absolute Gasteiger partial charge is 0.507 e. The highest BCUT2D eigenvalue weighted by Gasteiger charge is 2.48. The Kier molecular flexibility index (Phi) is 5.88. The maximum Gasteiger partial charge on any atom is 0.301 e. The summed E-state index contributed by atoms with van der Waals surface area (Å²) in [7, 11) is 0. The molecule has 0 aliphatic carbocycles. The number of pyridine rings is 1. The second-order valence-corrected chi connectivity index (χ2v) is 9.05. The summed E-state index contributed by atoms with van der Waals surface area (Å²) in [5, 5.41) is 11.6. The van der Waals surface area contributed by atoms with E-state index in [1.165, 1.54) is 28.6 Å². The number of rotatable bonds is 6. The number of anilines is 1. The molecule has 35 heavy (non-hydrogen) atoms. The molecular weight excluding hydrogens is 462 g/mol. The smallest absolute Gasteiger partial charge is 0.301 e. The Morgan fingerprint density at radius 3 is 2.74 bits per heavy atom. The van der Waals surface area contributed by atoms with Gasteiger partial charge >= 0.3 is 5.91 Å². The van der Waals surface area contributed by atoms with E-state index in [1.54, 1.807) is 42.5 Å². The van der Waals surface area contributed by atoms with Crippen LogP contribution >= 0.6 is 11.3 Å². The lowest BCUT2D eigenvalue weighted by Crippen LogP contribution is -2.29. The van der Waals surface area contributed by atoms with Crippen LogP contribution in [-0.2, 0) is 9.59 Å². The van der Waals surface area contributed by atoms with Crippen LogP contribution in [0.1, 0.15) is 22.7 Å². The predicted molar refractivity (Wildman–Crippen MR) is 136 cm³/mol. The normalized spacial score (nSPS) is 17.2. The van der Waals surface area contributed by atoms with E-state index in [0.717, 1.165) is 15.8 Å². The summed E-state index contributed by atoms with van der Waals surface area (Å²) in [6.45, 7) is 5.95. The lowest BCUT2D eigenvalue weighted by atomic mass is 9.95. The second kappa shape index (κ2) is 9.15. The highest BCUT2D eigenvalue weighted by molar-refractivity contribution is 7.22. The number of amides is 1. The monoisotopic (exact) mass is 483 g/mol. The van der Waals surface area contributed by atoms with E-state index in [1.807, 2.05) is 25.1 Å². The summed E-state index contributed by atoms with van der Waals surface area (Å²) in [5.74, 6) is -1.25. The topological polar surface area (TPSA) is 92.6 Å². The molecule has 5 rings (SSSR count). The molecule has 1 aliphatic rings. The highest BCUT2D eigenvalue weighted by atomic mass is 32.1. The number of hydrogen-bond acceptors (Lipinski definition) is 7. The number of aliphatic hydroxyl groups is 1. The second-order valence-electron chi connectivity index (χ2n) is 8.04. The molecule has 2 aromatic heterocycles. The van der Waals surface area contributed by atoms with Crippen molar-refractivity contribution in [3.63, 3.8) is 0 Å². The predicted octanol–water partition coefficient (Wildman–Crippen LogP) is 5.19. The number of ether oxygens (including phenoxy) is 1. The van der Waals surface area contributed by atoms with Gasteiger partial charge in [0, 0.05) is 18.0 Å². The molecule has 0 radical (unpaired) electrons. The fourth-order valence-electron chi connectivity index (χ4n) is 4.06. The molecule has 0 bridgehead atoms. The number of aliphatic hydroxyl groups excluding tert-OH is 1. The van der Waals surface area contributed by atoms with E-state index in [9.17, 15) is 14.7 Å². The number of thiazole rings is 1. The zero-order valence-electron chi connectivity index (χ0n) is 18.8. The Balaban J connectivity index is 1.71. The fourth-order valence-corrected chi connectivity index (χ4v) is 5.15. The molecule has 1 saturated heterocycles. The average Bonchev–Trinajstić information content (AvgIpc) is 3.40. The van der Waals surface area contributed by atoms with Gasteiger partial charge in [0.05, 0.1) is 21.8 Å². The molecule has 7 nitrogen and oxygen atoms in total. The van der Waals surface area contributed by atoms with Crippen LogP contribution in [-0.4, -0.2) is 33.4 Å². The van der Waals surface area contributed by atoms with E-state index < -0.39 is 17.7 Å². The lowest BCUT2D eigenvalue weighted by Gasteiger charge is -2.23. The Morgan fingerprint density at radius 1 is 1.17 bits per heavy atom. The van der Waals surface area contributed by atoms with Crippen molar-refractivity contribution in [3.05, 3.63) is 102 Å². The minimum absolute atomic E-state index is 0.0162. The Labute approximate surface area is 205 Å².